The molecule has 4 nitrogen and oxygen atoms in total. The van der Waals surface area contributed by atoms with E-state index >= 15 is 0 Å². The third kappa shape index (κ3) is 2.31. The molecule has 1 unspecified atom stereocenters. The molecule has 2 N–H and O–H groups in total. The smallest absolute Gasteiger partial charge is 0.256 e. The fraction of sp³-hybridized carbons (Fsp3) is 0.462. The van der Waals surface area contributed by atoms with Crippen LogP contribution in [0.1, 0.15) is 17.3 Å². The monoisotopic (exact) mass is 251 g/mol. The normalized spacial score (nSPS) is 21.1. The van der Waals surface area contributed by atoms with Crippen LogP contribution in [0.3, 0.4) is 0 Å². The molecule has 5 heteroatoms. The molecule has 1 aliphatic heterocycles. The number of likely N-dealkylation sites (N-methyl/N-ethyl adjacent to an activating group) is 1. The lowest BCUT2D eigenvalue weighted by Crippen LogP contribution is -2.52. The first-order chi connectivity index (χ1) is 8.50. The third-order valence-corrected chi connectivity index (χ3v) is 3.37. The summed E-state index contributed by atoms with van der Waals surface area (Å²) in [6.07, 6.45) is 0. The molecule has 1 heterocycles. The van der Waals surface area contributed by atoms with Gasteiger partial charge in [-0.25, -0.2) is 4.39 Å². The highest BCUT2D eigenvalue weighted by Gasteiger charge is 2.27. The minimum atomic E-state index is -0.539. The van der Waals surface area contributed by atoms with Crippen molar-refractivity contribution in [2.75, 3.05) is 32.4 Å². The zero-order valence-electron chi connectivity index (χ0n) is 10.7. The lowest BCUT2D eigenvalue weighted by Gasteiger charge is -2.38. The molecule has 0 aromatic heterocycles. The maximum atomic E-state index is 13.4. The summed E-state index contributed by atoms with van der Waals surface area (Å²) < 4.78 is 13.4. The Bertz CT molecular complexity index is 464. The van der Waals surface area contributed by atoms with Crippen LogP contribution in [0.25, 0.3) is 0 Å². The van der Waals surface area contributed by atoms with Gasteiger partial charge in [0.15, 0.2) is 0 Å². The Labute approximate surface area is 106 Å². The number of amides is 1. The Morgan fingerprint density at radius 3 is 2.83 bits per heavy atom. The molecule has 1 fully saturated rings. The summed E-state index contributed by atoms with van der Waals surface area (Å²) in [4.78, 5) is 16.3. The fourth-order valence-electron chi connectivity index (χ4n) is 2.32. The molecule has 0 radical (unpaired) electrons. The van der Waals surface area contributed by atoms with Gasteiger partial charge in [0.25, 0.3) is 5.91 Å². The summed E-state index contributed by atoms with van der Waals surface area (Å²) in [6, 6.07) is 4.46. The predicted molar refractivity (Wildman–Crippen MR) is 68.8 cm³/mol. The highest BCUT2D eigenvalue weighted by Crippen LogP contribution is 2.20. The average molecular weight is 251 g/mol. The molecule has 0 aliphatic carbocycles. The number of nitrogens with two attached hydrogens (primary N) is 1. The third-order valence-electron chi connectivity index (χ3n) is 3.37. The average Bonchev–Trinajstić information content (AvgIpc) is 2.32. The van der Waals surface area contributed by atoms with E-state index in [1.807, 2.05) is 14.0 Å². The number of para-hydroxylation sites is 1. The van der Waals surface area contributed by atoms with Gasteiger partial charge in [-0.3, -0.25) is 4.79 Å². The van der Waals surface area contributed by atoms with Crippen LogP contribution in [0.5, 0.6) is 0 Å². The molecule has 1 atom stereocenters. The molecule has 0 spiro atoms. The summed E-state index contributed by atoms with van der Waals surface area (Å²) in [7, 11) is 2.02. The number of hydrogen-bond acceptors (Lipinski definition) is 3. The number of benzene rings is 1. The van der Waals surface area contributed by atoms with Gasteiger partial charge in [0.05, 0.1) is 11.3 Å². The van der Waals surface area contributed by atoms with E-state index in [9.17, 15) is 9.18 Å². The number of carbonyl (C=O) groups excluding carboxylic acids is 1. The van der Waals surface area contributed by atoms with Gasteiger partial charge in [-0.2, -0.15) is 0 Å². The Balaban J connectivity index is 2.23. The first-order valence-corrected chi connectivity index (χ1v) is 6.04. The van der Waals surface area contributed by atoms with Crippen molar-refractivity contribution in [1.82, 2.24) is 9.80 Å². The first-order valence-electron chi connectivity index (χ1n) is 6.04. The van der Waals surface area contributed by atoms with Crippen molar-refractivity contribution < 1.29 is 9.18 Å². The number of piperazine rings is 1. The van der Waals surface area contributed by atoms with Crippen molar-refractivity contribution in [2.24, 2.45) is 0 Å². The molecule has 98 valence electrons. The summed E-state index contributed by atoms with van der Waals surface area (Å²) in [5.74, 6) is -0.727. The van der Waals surface area contributed by atoms with Gasteiger partial charge in [-0.15, -0.1) is 0 Å². The molecular weight excluding hydrogens is 233 g/mol. The van der Waals surface area contributed by atoms with Gasteiger partial charge in [0.2, 0.25) is 0 Å². The van der Waals surface area contributed by atoms with Crippen molar-refractivity contribution in [1.29, 1.82) is 0 Å². The van der Waals surface area contributed by atoms with Crippen molar-refractivity contribution in [3.63, 3.8) is 0 Å². The largest absolute Gasteiger partial charge is 0.396 e. The van der Waals surface area contributed by atoms with Crippen LogP contribution in [-0.2, 0) is 0 Å². The lowest BCUT2D eigenvalue weighted by atomic mass is 10.1. The number of rotatable bonds is 1. The van der Waals surface area contributed by atoms with E-state index in [1.165, 1.54) is 12.1 Å². The van der Waals surface area contributed by atoms with Gasteiger partial charge in [-0.1, -0.05) is 6.07 Å². The number of nitrogen functional groups attached to an aromatic ring is 1. The second-order valence-corrected chi connectivity index (χ2v) is 4.81. The van der Waals surface area contributed by atoms with Crippen molar-refractivity contribution in [3.05, 3.63) is 29.6 Å². The summed E-state index contributed by atoms with van der Waals surface area (Å²) >= 11 is 0. The standard InChI is InChI=1S/C13H18FN3O/c1-9-8-16(2)6-7-17(9)13(18)10-4-3-5-11(14)12(10)15/h3-5,9H,6-8,15H2,1-2H3. The maximum absolute atomic E-state index is 13.4. The van der Waals surface area contributed by atoms with Crippen LogP contribution in [0.15, 0.2) is 18.2 Å². The van der Waals surface area contributed by atoms with Crippen LogP contribution in [0.4, 0.5) is 10.1 Å². The SMILES string of the molecule is CC1CN(C)CCN1C(=O)c1cccc(F)c1N. The minimum Gasteiger partial charge on any atom is -0.396 e. The molecule has 1 aromatic rings. The van der Waals surface area contributed by atoms with Crippen molar-refractivity contribution >= 4 is 11.6 Å². The molecule has 1 aliphatic rings. The molecule has 0 bridgehead atoms. The van der Waals surface area contributed by atoms with Gasteiger partial charge in [0, 0.05) is 25.7 Å². The molecule has 1 amide bonds. The van der Waals surface area contributed by atoms with E-state index in [-0.39, 0.29) is 23.2 Å². The van der Waals surface area contributed by atoms with E-state index in [1.54, 1.807) is 11.0 Å². The van der Waals surface area contributed by atoms with Crippen LogP contribution in [-0.4, -0.2) is 48.4 Å². The number of halogens is 1. The summed E-state index contributed by atoms with van der Waals surface area (Å²) in [5.41, 5.74) is 5.82. The maximum Gasteiger partial charge on any atom is 0.256 e. The molecule has 18 heavy (non-hydrogen) atoms. The highest BCUT2D eigenvalue weighted by molar-refractivity contribution is 5.99. The molecular formula is C13H18FN3O. The zero-order valence-corrected chi connectivity index (χ0v) is 10.7. The number of nitrogens with zero attached hydrogens (tertiary/aromatic N) is 2. The Morgan fingerprint density at radius 1 is 1.44 bits per heavy atom. The fourth-order valence-corrected chi connectivity index (χ4v) is 2.32. The van der Waals surface area contributed by atoms with Crippen molar-refractivity contribution in [2.45, 2.75) is 13.0 Å². The first kappa shape index (κ1) is 12.8. The van der Waals surface area contributed by atoms with Crippen LogP contribution in [0.2, 0.25) is 0 Å². The van der Waals surface area contributed by atoms with Gasteiger partial charge in [0.1, 0.15) is 5.82 Å². The second kappa shape index (κ2) is 4.94. The number of carbonyl (C=O) groups is 1. The van der Waals surface area contributed by atoms with E-state index in [4.69, 9.17) is 5.73 Å². The van der Waals surface area contributed by atoms with Gasteiger partial charge in [-0.05, 0) is 26.1 Å². The Morgan fingerprint density at radius 2 is 2.17 bits per heavy atom. The molecule has 2 rings (SSSR count). The molecule has 1 saturated heterocycles. The number of hydrogen-bond donors (Lipinski definition) is 1. The van der Waals surface area contributed by atoms with E-state index in [0.29, 0.717) is 6.54 Å². The second-order valence-electron chi connectivity index (χ2n) is 4.81. The van der Waals surface area contributed by atoms with Crippen LogP contribution >= 0.6 is 0 Å². The van der Waals surface area contributed by atoms with Crippen LogP contribution < -0.4 is 5.73 Å². The summed E-state index contributed by atoms with van der Waals surface area (Å²) in [6.45, 7) is 4.28. The van der Waals surface area contributed by atoms with E-state index in [0.717, 1.165) is 13.1 Å². The highest BCUT2D eigenvalue weighted by atomic mass is 19.1. The van der Waals surface area contributed by atoms with Gasteiger partial charge < -0.3 is 15.5 Å². The van der Waals surface area contributed by atoms with Crippen LogP contribution in [0, 0.1) is 5.82 Å². The Hall–Kier alpha value is -1.62. The minimum absolute atomic E-state index is 0.0615. The van der Waals surface area contributed by atoms with E-state index in [2.05, 4.69) is 4.90 Å². The Kier molecular flexibility index (Phi) is 3.52. The molecule has 1 aromatic carbocycles. The summed E-state index contributed by atoms with van der Waals surface area (Å²) in [5, 5.41) is 0. The quantitative estimate of drug-likeness (QED) is 0.763. The zero-order chi connectivity index (χ0) is 13.3. The lowest BCUT2D eigenvalue weighted by molar-refractivity contribution is 0.0534. The molecule has 0 saturated carbocycles. The number of anilines is 1. The predicted octanol–water partition coefficient (Wildman–Crippen LogP) is 1.18. The van der Waals surface area contributed by atoms with Gasteiger partial charge >= 0.3 is 0 Å². The van der Waals surface area contributed by atoms with Crippen molar-refractivity contribution in [3.8, 4) is 0 Å². The topological polar surface area (TPSA) is 49.6 Å². The van der Waals surface area contributed by atoms with E-state index < -0.39 is 5.82 Å².